The molecule has 0 spiro atoms. The highest BCUT2D eigenvalue weighted by atomic mass is 19.1. The molecule has 4 rings (SSSR count). The molecule has 1 aliphatic heterocycles. The first-order chi connectivity index (χ1) is 12.5. The standard InChI is InChI=1S/C18H15F2N3O3/c19-12-5-1-2-6-14(12)22-15-10-16(21-7-3-4-8-21)13(20)9-11(15)17(24)23(26)18(22)25/h1-2,5-6,9-10,26H,3-4,7-8H2. The van der Waals surface area contributed by atoms with Gasteiger partial charge < -0.3 is 10.1 Å². The molecule has 0 aliphatic carbocycles. The molecule has 6 nitrogen and oxygen atoms in total. The normalized spacial score (nSPS) is 14.3. The Balaban J connectivity index is 2.13. The number of benzene rings is 2. The van der Waals surface area contributed by atoms with Crippen LogP contribution in [0.1, 0.15) is 12.8 Å². The molecule has 8 heteroatoms. The second kappa shape index (κ2) is 5.98. The lowest BCUT2D eigenvalue weighted by molar-refractivity contribution is 0.160. The summed E-state index contributed by atoms with van der Waals surface area (Å²) in [6, 6.07) is 7.83. The highest BCUT2D eigenvalue weighted by Crippen LogP contribution is 2.28. The fraction of sp³-hybridized carbons (Fsp3) is 0.222. The summed E-state index contributed by atoms with van der Waals surface area (Å²) in [5, 5.41) is 9.61. The van der Waals surface area contributed by atoms with Gasteiger partial charge in [-0.05, 0) is 37.1 Å². The second-order valence-electron chi connectivity index (χ2n) is 6.20. The minimum absolute atomic E-state index is 0.0405. The van der Waals surface area contributed by atoms with Gasteiger partial charge in [0.25, 0.3) is 5.56 Å². The Morgan fingerprint density at radius 3 is 2.31 bits per heavy atom. The summed E-state index contributed by atoms with van der Waals surface area (Å²) in [6.45, 7) is 1.31. The van der Waals surface area contributed by atoms with Crippen molar-refractivity contribution in [1.82, 2.24) is 9.30 Å². The summed E-state index contributed by atoms with van der Waals surface area (Å²) in [5.74, 6) is -1.34. The van der Waals surface area contributed by atoms with Crippen molar-refractivity contribution in [2.45, 2.75) is 12.8 Å². The molecule has 1 aliphatic rings. The topological polar surface area (TPSA) is 67.5 Å². The van der Waals surface area contributed by atoms with Crippen LogP contribution < -0.4 is 16.1 Å². The van der Waals surface area contributed by atoms with Gasteiger partial charge in [-0.15, -0.1) is 0 Å². The van der Waals surface area contributed by atoms with Crippen LogP contribution in [0.25, 0.3) is 16.6 Å². The van der Waals surface area contributed by atoms with Gasteiger partial charge in [-0.25, -0.2) is 13.6 Å². The number of nitrogens with zero attached hydrogens (tertiary/aromatic N) is 3. The van der Waals surface area contributed by atoms with Gasteiger partial charge in [0.15, 0.2) is 0 Å². The van der Waals surface area contributed by atoms with Gasteiger partial charge in [-0.2, -0.15) is 0 Å². The van der Waals surface area contributed by atoms with Crippen LogP contribution in [0.15, 0.2) is 46.0 Å². The average molecular weight is 359 g/mol. The van der Waals surface area contributed by atoms with E-state index in [1.54, 1.807) is 0 Å². The Labute approximate surface area is 146 Å². The van der Waals surface area contributed by atoms with E-state index in [1.165, 1.54) is 24.3 Å². The molecule has 26 heavy (non-hydrogen) atoms. The van der Waals surface area contributed by atoms with Crippen molar-refractivity contribution in [2.75, 3.05) is 18.0 Å². The van der Waals surface area contributed by atoms with E-state index in [2.05, 4.69) is 0 Å². The van der Waals surface area contributed by atoms with E-state index in [9.17, 15) is 23.6 Å². The summed E-state index contributed by atoms with van der Waals surface area (Å²) in [7, 11) is 0. The molecule has 2 heterocycles. The van der Waals surface area contributed by atoms with Gasteiger partial charge in [0.2, 0.25) is 0 Å². The van der Waals surface area contributed by atoms with E-state index >= 15 is 0 Å². The number of rotatable bonds is 2. The van der Waals surface area contributed by atoms with Crippen molar-refractivity contribution >= 4 is 16.6 Å². The number of halogens is 2. The molecular weight excluding hydrogens is 344 g/mol. The maximum atomic E-state index is 14.6. The first kappa shape index (κ1) is 16.3. The summed E-state index contributed by atoms with van der Waals surface area (Å²) < 4.78 is 29.6. The molecule has 134 valence electrons. The van der Waals surface area contributed by atoms with Crippen molar-refractivity contribution in [3.05, 3.63) is 68.9 Å². The molecule has 1 fully saturated rings. The number of para-hydroxylation sites is 1. The zero-order valence-corrected chi connectivity index (χ0v) is 13.7. The predicted octanol–water partition coefficient (Wildman–Crippen LogP) is 2.27. The van der Waals surface area contributed by atoms with Crippen LogP contribution in [0.2, 0.25) is 0 Å². The molecule has 0 radical (unpaired) electrons. The highest BCUT2D eigenvalue weighted by Gasteiger charge is 2.22. The first-order valence-corrected chi connectivity index (χ1v) is 8.19. The summed E-state index contributed by atoms with van der Waals surface area (Å²) in [5.41, 5.74) is -2.02. The molecule has 1 saturated heterocycles. The first-order valence-electron chi connectivity index (χ1n) is 8.19. The quantitative estimate of drug-likeness (QED) is 0.713. The maximum Gasteiger partial charge on any atom is 0.369 e. The lowest BCUT2D eigenvalue weighted by Gasteiger charge is -2.20. The van der Waals surface area contributed by atoms with Gasteiger partial charge in [0, 0.05) is 13.1 Å². The average Bonchev–Trinajstić information content (AvgIpc) is 3.16. The van der Waals surface area contributed by atoms with Gasteiger partial charge in [-0.1, -0.05) is 16.9 Å². The third-order valence-corrected chi connectivity index (χ3v) is 4.64. The monoisotopic (exact) mass is 359 g/mol. The predicted molar refractivity (Wildman–Crippen MR) is 92.4 cm³/mol. The van der Waals surface area contributed by atoms with Crippen molar-refractivity contribution in [1.29, 1.82) is 0 Å². The van der Waals surface area contributed by atoms with Crippen molar-refractivity contribution in [3.8, 4) is 5.69 Å². The number of hydrogen-bond acceptors (Lipinski definition) is 4. The zero-order chi connectivity index (χ0) is 18.4. The van der Waals surface area contributed by atoms with Gasteiger partial charge in [-0.3, -0.25) is 9.36 Å². The molecule has 0 amide bonds. The number of fused-ring (bicyclic) bond motifs is 1. The number of hydrogen-bond donors (Lipinski definition) is 1. The van der Waals surface area contributed by atoms with Gasteiger partial charge in [0.1, 0.15) is 11.6 Å². The lowest BCUT2D eigenvalue weighted by Crippen LogP contribution is -2.38. The van der Waals surface area contributed by atoms with E-state index in [0.717, 1.165) is 29.5 Å². The minimum atomic E-state index is -1.12. The van der Waals surface area contributed by atoms with Crippen molar-refractivity contribution in [3.63, 3.8) is 0 Å². The van der Waals surface area contributed by atoms with Crippen molar-refractivity contribution < 1.29 is 14.0 Å². The van der Waals surface area contributed by atoms with Gasteiger partial charge in [0.05, 0.1) is 22.3 Å². The Kier molecular flexibility index (Phi) is 3.75. The van der Waals surface area contributed by atoms with Crippen LogP contribution in [0.3, 0.4) is 0 Å². The maximum absolute atomic E-state index is 14.6. The Morgan fingerprint density at radius 1 is 0.923 bits per heavy atom. The Hall–Kier alpha value is -3.16. The summed E-state index contributed by atoms with van der Waals surface area (Å²) in [6.07, 6.45) is 1.83. The Morgan fingerprint density at radius 2 is 1.62 bits per heavy atom. The van der Waals surface area contributed by atoms with Crippen LogP contribution in [-0.2, 0) is 0 Å². The fourth-order valence-electron chi connectivity index (χ4n) is 3.37. The number of anilines is 1. The zero-order valence-electron chi connectivity index (χ0n) is 13.7. The van der Waals surface area contributed by atoms with E-state index in [0.29, 0.717) is 13.1 Å². The van der Waals surface area contributed by atoms with Crippen LogP contribution >= 0.6 is 0 Å². The summed E-state index contributed by atoms with van der Waals surface area (Å²) in [4.78, 5) is 26.5. The molecule has 3 aromatic rings. The third-order valence-electron chi connectivity index (χ3n) is 4.64. The molecule has 0 saturated carbocycles. The summed E-state index contributed by atoms with van der Waals surface area (Å²) >= 11 is 0. The molecular formula is C18H15F2N3O3. The second-order valence-corrected chi connectivity index (χ2v) is 6.20. The van der Waals surface area contributed by atoms with Crippen molar-refractivity contribution in [2.24, 2.45) is 0 Å². The molecule has 0 bridgehead atoms. The molecule has 1 aromatic heterocycles. The van der Waals surface area contributed by atoms with E-state index < -0.39 is 22.9 Å². The molecule has 0 unspecified atom stereocenters. The van der Waals surface area contributed by atoms with E-state index in [1.807, 2.05) is 4.90 Å². The van der Waals surface area contributed by atoms with E-state index in [4.69, 9.17) is 0 Å². The van der Waals surface area contributed by atoms with Crippen LogP contribution in [0.5, 0.6) is 0 Å². The molecule has 2 aromatic carbocycles. The largest absolute Gasteiger partial charge is 0.421 e. The number of aromatic nitrogens is 2. The minimum Gasteiger partial charge on any atom is -0.421 e. The molecule has 0 atom stereocenters. The van der Waals surface area contributed by atoms with Crippen LogP contribution in [0.4, 0.5) is 14.5 Å². The van der Waals surface area contributed by atoms with Crippen LogP contribution in [0, 0.1) is 11.6 Å². The van der Waals surface area contributed by atoms with Crippen LogP contribution in [-0.4, -0.2) is 27.6 Å². The highest BCUT2D eigenvalue weighted by molar-refractivity contribution is 5.84. The molecule has 1 N–H and O–H groups in total. The van der Waals surface area contributed by atoms with E-state index in [-0.39, 0.29) is 27.0 Å². The smallest absolute Gasteiger partial charge is 0.369 e. The SMILES string of the molecule is O=c1c2cc(F)c(N3CCCC3)cc2n(-c2ccccc2F)c(=O)n1O. The lowest BCUT2D eigenvalue weighted by atomic mass is 10.1. The fourth-order valence-corrected chi connectivity index (χ4v) is 3.37. The van der Waals surface area contributed by atoms with Gasteiger partial charge >= 0.3 is 5.69 Å². The third kappa shape index (κ3) is 2.37. The Bertz CT molecular complexity index is 1130.